The molecule has 0 saturated carbocycles. The predicted molar refractivity (Wildman–Crippen MR) is 73.0 cm³/mol. The summed E-state index contributed by atoms with van der Waals surface area (Å²) >= 11 is 0. The van der Waals surface area contributed by atoms with E-state index in [0.717, 1.165) is 0 Å². The van der Waals surface area contributed by atoms with Crippen LogP contribution in [0.2, 0.25) is 0 Å². The second-order valence-corrected chi connectivity index (χ2v) is 4.34. The molecule has 2 amide bonds. The van der Waals surface area contributed by atoms with Crippen molar-refractivity contribution in [2.45, 2.75) is 13.0 Å². The number of likely N-dealkylation sites (N-methyl/N-ethyl adjacent to an activating group) is 1. The van der Waals surface area contributed by atoms with Crippen LogP contribution in [-0.2, 0) is 14.3 Å². The maximum Gasteiger partial charge on any atom is 0.328 e. The van der Waals surface area contributed by atoms with Crippen LogP contribution in [0.4, 0.5) is 0 Å². The summed E-state index contributed by atoms with van der Waals surface area (Å²) in [5.74, 6) is -1.21. The van der Waals surface area contributed by atoms with E-state index in [1.807, 2.05) is 6.07 Å². The van der Waals surface area contributed by atoms with Crippen LogP contribution in [0, 0.1) is 0 Å². The average Bonchev–Trinajstić information content (AvgIpc) is 2.46. The van der Waals surface area contributed by atoms with Gasteiger partial charge in [-0.1, -0.05) is 18.2 Å². The highest BCUT2D eigenvalue weighted by atomic mass is 16.5. The zero-order chi connectivity index (χ0) is 15.1. The number of methoxy groups -OCH3 is 1. The van der Waals surface area contributed by atoms with Crippen LogP contribution in [0.25, 0.3) is 0 Å². The second kappa shape index (κ2) is 7.28. The molecule has 1 aromatic carbocycles. The lowest BCUT2D eigenvalue weighted by Gasteiger charge is -2.18. The third kappa shape index (κ3) is 4.38. The minimum atomic E-state index is -0.743. The van der Waals surface area contributed by atoms with Crippen molar-refractivity contribution in [3.05, 3.63) is 35.9 Å². The maximum absolute atomic E-state index is 12.0. The van der Waals surface area contributed by atoms with E-state index in [1.165, 1.54) is 26.0 Å². The molecular formula is C14H18N2O4. The molecular weight excluding hydrogens is 260 g/mol. The first-order valence-electron chi connectivity index (χ1n) is 6.13. The number of amides is 2. The van der Waals surface area contributed by atoms with Crippen LogP contribution in [0.5, 0.6) is 0 Å². The average molecular weight is 278 g/mol. The van der Waals surface area contributed by atoms with Gasteiger partial charge < -0.3 is 15.0 Å². The molecule has 6 heteroatoms. The van der Waals surface area contributed by atoms with Crippen molar-refractivity contribution >= 4 is 17.8 Å². The van der Waals surface area contributed by atoms with Crippen molar-refractivity contribution in [2.24, 2.45) is 0 Å². The Kier molecular flexibility index (Phi) is 5.71. The minimum Gasteiger partial charge on any atom is -0.467 e. The van der Waals surface area contributed by atoms with E-state index in [9.17, 15) is 14.4 Å². The van der Waals surface area contributed by atoms with Crippen LogP contribution in [0.1, 0.15) is 17.3 Å². The lowest BCUT2D eigenvalue weighted by atomic mass is 10.2. The van der Waals surface area contributed by atoms with Crippen molar-refractivity contribution < 1.29 is 19.1 Å². The Hall–Kier alpha value is -2.37. The molecule has 1 rings (SSSR count). The summed E-state index contributed by atoms with van der Waals surface area (Å²) in [7, 11) is 2.77. The van der Waals surface area contributed by atoms with Crippen LogP contribution in [0.15, 0.2) is 30.3 Å². The Balaban J connectivity index is 2.54. The number of hydrogen-bond donors (Lipinski definition) is 1. The van der Waals surface area contributed by atoms with Gasteiger partial charge in [0.05, 0.1) is 13.7 Å². The minimum absolute atomic E-state index is 0.130. The third-order valence-electron chi connectivity index (χ3n) is 2.68. The van der Waals surface area contributed by atoms with Gasteiger partial charge in [0.2, 0.25) is 5.91 Å². The summed E-state index contributed by atoms with van der Waals surface area (Å²) in [6.07, 6.45) is 0. The Bertz CT molecular complexity index is 487. The summed E-state index contributed by atoms with van der Waals surface area (Å²) < 4.78 is 4.50. The van der Waals surface area contributed by atoms with Gasteiger partial charge in [0.1, 0.15) is 6.04 Å². The quantitative estimate of drug-likeness (QED) is 0.793. The molecule has 0 radical (unpaired) electrons. The SMILES string of the molecule is COC(=O)C(C)NC(=O)CN(C)C(=O)c1ccccc1. The van der Waals surface area contributed by atoms with E-state index in [4.69, 9.17) is 0 Å². The van der Waals surface area contributed by atoms with Gasteiger partial charge in [0, 0.05) is 12.6 Å². The number of hydrogen-bond acceptors (Lipinski definition) is 4. The Labute approximate surface area is 117 Å². The lowest BCUT2D eigenvalue weighted by molar-refractivity contribution is -0.144. The molecule has 108 valence electrons. The van der Waals surface area contributed by atoms with Crippen molar-refractivity contribution in [3.8, 4) is 0 Å². The van der Waals surface area contributed by atoms with Crippen molar-refractivity contribution in [3.63, 3.8) is 0 Å². The predicted octanol–water partition coefficient (Wildman–Crippen LogP) is 0.436. The number of esters is 1. The molecule has 6 nitrogen and oxygen atoms in total. The summed E-state index contributed by atoms with van der Waals surface area (Å²) in [6, 6.07) is 7.91. The number of carbonyl (C=O) groups is 3. The summed E-state index contributed by atoms with van der Waals surface area (Å²) in [4.78, 5) is 36.2. The third-order valence-corrected chi connectivity index (χ3v) is 2.68. The molecule has 0 heterocycles. The van der Waals surface area contributed by atoms with Gasteiger partial charge >= 0.3 is 5.97 Å². The highest BCUT2D eigenvalue weighted by Gasteiger charge is 2.19. The van der Waals surface area contributed by atoms with E-state index in [1.54, 1.807) is 24.3 Å². The maximum atomic E-state index is 12.0. The van der Waals surface area contributed by atoms with Gasteiger partial charge in [0.15, 0.2) is 0 Å². The van der Waals surface area contributed by atoms with Crippen LogP contribution < -0.4 is 5.32 Å². The van der Waals surface area contributed by atoms with E-state index in [2.05, 4.69) is 10.1 Å². The summed E-state index contributed by atoms with van der Waals surface area (Å²) in [5, 5.41) is 2.46. The zero-order valence-electron chi connectivity index (χ0n) is 11.8. The van der Waals surface area contributed by atoms with Crippen LogP contribution >= 0.6 is 0 Å². The number of ether oxygens (including phenoxy) is 1. The monoisotopic (exact) mass is 278 g/mol. The molecule has 0 aliphatic heterocycles. The number of nitrogens with one attached hydrogen (secondary N) is 1. The van der Waals surface area contributed by atoms with E-state index in [-0.39, 0.29) is 12.5 Å². The standard InChI is InChI=1S/C14H18N2O4/c1-10(14(19)20-3)15-12(17)9-16(2)13(18)11-7-5-4-6-8-11/h4-8,10H,9H2,1-3H3,(H,15,17). The fourth-order valence-electron chi connectivity index (χ4n) is 1.61. The van der Waals surface area contributed by atoms with Crippen LogP contribution in [-0.4, -0.2) is 49.4 Å². The molecule has 1 N–H and O–H groups in total. The van der Waals surface area contributed by atoms with Gasteiger partial charge in [0.25, 0.3) is 5.91 Å². The van der Waals surface area contributed by atoms with Gasteiger partial charge in [-0.2, -0.15) is 0 Å². The molecule has 0 aliphatic carbocycles. The largest absolute Gasteiger partial charge is 0.467 e. The number of nitrogens with zero attached hydrogens (tertiary/aromatic N) is 1. The van der Waals surface area contributed by atoms with E-state index >= 15 is 0 Å². The van der Waals surface area contributed by atoms with Gasteiger partial charge in [-0.05, 0) is 19.1 Å². The smallest absolute Gasteiger partial charge is 0.328 e. The van der Waals surface area contributed by atoms with Crippen LogP contribution in [0.3, 0.4) is 0 Å². The first kappa shape index (κ1) is 15.7. The molecule has 20 heavy (non-hydrogen) atoms. The highest BCUT2D eigenvalue weighted by Crippen LogP contribution is 2.02. The first-order chi connectivity index (χ1) is 9.45. The van der Waals surface area contributed by atoms with E-state index in [0.29, 0.717) is 5.56 Å². The van der Waals surface area contributed by atoms with Crippen molar-refractivity contribution in [1.29, 1.82) is 0 Å². The Morgan fingerprint density at radius 3 is 2.40 bits per heavy atom. The van der Waals surface area contributed by atoms with E-state index < -0.39 is 17.9 Å². The molecule has 0 spiro atoms. The molecule has 1 atom stereocenters. The molecule has 0 aromatic heterocycles. The van der Waals surface area contributed by atoms with Gasteiger partial charge in [-0.15, -0.1) is 0 Å². The molecule has 1 aromatic rings. The fraction of sp³-hybridized carbons (Fsp3) is 0.357. The summed E-state index contributed by atoms with van der Waals surface area (Å²) in [5.41, 5.74) is 0.504. The van der Waals surface area contributed by atoms with Gasteiger partial charge in [-0.3, -0.25) is 9.59 Å². The molecule has 0 aliphatic rings. The normalized spacial score (nSPS) is 11.3. The molecule has 0 saturated heterocycles. The Morgan fingerprint density at radius 1 is 1.25 bits per heavy atom. The number of rotatable bonds is 5. The summed E-state index contributed by atoms with van der Waals surface area (Å²) in [6.45, 7) is 1.39. The first-order valence-corrected chi connectivity index (χ1v) is 6.13. The highest BCUT2D eigenvalue weighted by molar-refractivity contribution is 5.96. The molecule has 1 unspecified atom stereocenters. The van der Waals surface area contributed by atoms with Gasteiger partial charge in [-0.25, -0.2) is 4.79 Å². The number of benzene rings is 1. The van der Waals surface area contributed by atoms with Crippen molar-refractivity contribution in [2.75, 3.05) is 20.7 Å². The Morgan fingerprint density at radius 2 is 1.85 bits per heavy atom. The van der Waals surface area contributed by atoms with Crippen molar-refractivity contribution in [1.82, 2.24) is 10.2 Å². The molecule has 0 fully saturated rings. The topological polar surface area (TPSA) is 75.7 Å². The fourth-order valence-corrected chi connectivity index (χ4v) is 1.61. The number of carbonyl (C=O) groups excluding carboxylic acids is 3. The second-order valence-electron chi connectivity index (χ2n) is 4.34. The molecule has 0 bridgehead atoms. The lowest BCUT2D eigenvalue weighted by Crippen LogP contribution is -2.44. The zero-order valence-corrected chi connectivity index (χ0v) is 11.8.